The SMILES string of the molecule is CC(C)(C)OC(=O)NCc1cc(Br)cc(OCC(F)(F)F)c1. The Morgan fingerprint density at radius 3 is 2.41 bits per heavy atom. The molecule has 0 radical (unpaired) electrons. The van der Waals surface area contributed by atoms with Gasteiger partial charge in [0, 0.05) is 11.0 Å². The lowest BCUT2D eigenvalue weighted by atomic mass is 10.2. The molecular weight excluding hydrogens is 367 g/mol. The molecule has 22 heavy (non-hydrogen) atoms. The van der Waals surface area contributed by atoms with Gasteiger partial charge in [0.25, 0.3) is 0 Å². The van der Waals surface area contributed by atoms with E-state index in [-0.39, 0.29) is 12.3 Å². The summed E-state index contributed by atoms with van der Waals surface area (Å²) in [6, 6.07) is 4.51. The van der Waals surface area contributed by atoms with Gasteiger partial charge < -0.3 is 14.8 Å². The van der Waals surface area contributed by atoms with Crippen LogP contribution < -0.4 is 10.1 Å². The fraction of sp³-hybridized carbons (Fsp3) is 0.500. The molecule has 1 aromatic carbocycles. The molecule has 8 heteroatoms. The van der Waals surface area contributed by atoms with Crippen LogP contribution in [0, 0.1) is 0 Å². The zero-order chi connectivity index (χ0) is 17.0. The van der Waals surface area contributed by atoms with Gasteiger partial charge in [-0.3, -0.25) is 0 Å². The Kier molecular flexibility index (Phi) is 6.10. The molecule has 0 aliphatic rings. The highest BCUT2D eigenvalue weighted by Gasteiger charge is 2.28. The second-order valence-corrected chi connectivity index (χ2v) is 6.47. The number of hydrogen-bond acceptors (Lipinski definition) is 3. The first-order chi connectivity index (χ1) is 9.94. The van der Waals surface area contributed by atoms with Gasteiger partial charge in [-0.25, -0.2) is 4.79 Å². The zero-order valence-electron chi connectivity index (χ0n) is 12.4. The molecule has 0 aliphatic heterocycles. The van der Waals surface area contributed by atoms with E-state index in [4.69, 9.17) is 4.74 Å². The van der Waals surface area contributed by atoms with Crippen molar-refractivity contribution in [1.82, 2.24) is 5.32 Å². The summed E-state index contributed by atoms with van der Waals surface area (Å²) < 4.78 is 46.7. The van der Waals surface area contributed by atoms with Crippen LogP contribution in [0.1, 0.15) is 26.3 Å². The highest BCUT2D eigenvalue weighted by atomic mass is 79.9. The topological polar surface area (TPSA) is 47.6 Å². The van der Waals surface area contributed by atoms with Crippen molar-refractivity contribution in [2.45, 2.75) is 39.1 Å². The van der Waals surface area contributed by atoms with Crippen LogP contribution >= 0.6 is 15.9 Å². The Balaban J connectivity index is 2.64. The number of ether oxygens (including phenoxy) is 2. The number of alkyl halides is 3. The number of rotatable bonds is 4. The zero-order valence-corrected chi connectivity index (χ0v) is 14.0. The summed E-state index contributed by atoms with van der Waals surface area (Å²) in [6.07, 6.45) is -5.01. The third kappa shape index (κ3) is 8.11. The molecule has 0 aliphatic carbocycles. The van der Waals surface area contributed by atoms with Crippen LogP contribution in [0.25, 0.3) is 0 Å². The molecule has 1 amide bonds. The minimum absolute atomic E-state index is 0.0627. The summed E-state index contributed by atoms with van der Waals surface area (Å²) in [7, 11) is 0. The van der Waals surface area contributed by atoms with Gasteiger partial charge in [0.1, 0.15) is 11.4 Å². The van der Waals surface area contributed by atoms with E-state index in [1.165, 1.54) is 12.1 Å². The van der Waals surface area contributed by atoms with E-state index in [2.05, 4.69) is 26.0 Å². The van der Waals surface area contributed by atoms with E-state index in [1.807, 2.05) is 0 Å². The van der Waals surface area contributed by atoms with Crippen LogP contribution in [-0.2, 0) is 11.3 Å². The van der Waals surface area contributed by atoms with E-state index in [9.17, 15) is 18.0 Å². The van der Waals surface area contributed by atoms with Crippen molar-refractivity contribution in [2.75, 3.05) is 6.61 Å². The number of nitrogens with one attached hydrogen (secondary N) is 1. The number of amides is 1. The van der Waals surface area contributed by atoms with Gasteiger partial charge >= 0.3 is 12.3 Å². The fourth-order valence-electron chi connectivity index (χ4n) is 1.46. The van der Waals surface area contributed by atoms with E-state index in [0.29, 0.717) is 10.0 Å². The van der Waals surface area contributed by atoms with Gasteiger partial charge in [-0.15, -0.1) is 0 Å². The van der Waals surface area contributed by atoms with Gasteiger partial charge in [0.05, 0.1) is 0 Å². The number of hydrogen-bond donors (Lipinski definition) is 1. The van der Waals surface area contributed by atoms with Crippen LogP contribution in [0.2, 0.25) is 0 Å². The Hall–Kier alpha value is -1.44. The molecule has 1 N–H and O–H groups in total. The quantitative estimate of drug-likeness (QED) is 0.837. The number of benzene rings is 1. The standard InChI is InChI=1S/C14H17BrF3NO3/c1-13(2,3)22-12(20)19-7-9-4-10(15)6-11(5-9)21-8-14(16,17)18/h4-6H,7-8H2,1-3H3,(H,19,20). The molecule has 0 aromatic heterocycles. The van der Waals surface area contributed by atoms with Crippen molar-refractivity contribution in [2.24, 2.45) is 0 Å². The van der Waals surface area contributed by atoms with Crippen molar-refractivity contribution >= 4 is 22.0 Å². The predicted octanol–water partition coefficient (Wildman–Crippen LogP) is 4.41. The predicted molar refractivity (Wildman–Crippen MR) is 78.8 cm³/mol. The molecule has 1 aromatic rings. The molecule has 0 atom stereocenters. The van der Waals surface area contributed by atoms with Gasteiger partial charge in [-0.1, -0.05) is 15.9 Å². The first kappa shape index (κ1) is 18.6. The first-order valence-corrected chi connectivity index (χ1v) is 7.20. The molecule has 0 spiro atoms. The maximum Gasteiger partial charge on any atom is 0.422 e. The lowest BCUT2D eigenvalue weighted by molar-refractivity contribution is -0.153. The maximum absolute atomic E-state index is 12.1. The molecular formula is C14H17BrF3NO3. The average molecular weight is 384 g/mol. The summed E-state index contributed by atoms with van der Waals surface area (Å²) in [4.78, 5) is 11.5. The maximum atomic E-state index is 12.1. The normalized spacial score (nSPS) is 12.0. The third-order valence-electron chi connectivity index (χ3n) is 2.17. The molecule has 4 nitrogen and oxygen atoms in total. The number of carbonyl (C=O) groups is 1. The minimum atomic E-state index is -4.41. The van der Waals surface area contributed by atoms with E-state index in [0.717, 1.165) is 0 Å². The lowest BCUT2D eigenvalue weighted by Gasteiger charge is -2.19. The highest BCUT2D eigenvalue weighted by Crippen LogP contribution is 2.24. The molecule has 0 saturated carbocycles. The van der Waals surface area contributed by atoms with Crippen molar-refractivity contribution < 1.29 is 27.4 Å². The van der Waals surface area contributed by atoms with Crippen LogP contribution in [0.4, 0.5) is 18.0 Å². The Labute approximate surface area is 135 Å². The van der Waals surface area contributed by atoms with E-state index < -0.39 is 24.5 Å². The summed E-state index contributed by atoms with van der Waals surface area (Å²) in [5.41, 5.74) is -0.0418. The molecule has 124 valence electrons. The van der Waals surface area contributed by atoms with Gasteiger partial charge in [-0.2, -0.15) is 13.2 Å². The van der Waals surface area contributed by atoms with Crippen LogP contribution in [0.15, 0.2) is 22.7 Å². The lowest BCUT2D eigenvalue weighted by Crippen LogP contribution is -2.32. The molecule has 0 bridgehead atoms. The molecule has 0 fully saturated rings. The van der Waals surface area contributed by atoms with Crippen molar-refractivity contribution in [3.05, 3.63) is 28.2 Å². The smallest absolute Gasteiger partial charge is 0.422 e. The fourth-order valence-corrected chi connectivity index (χ4v) is 1.98. The van der Waals surface area contributed by atoms with Gasteiger partial charge in [0.2, 0.25) is 0 Å². The molecule has 0 saturated heterocycles. The molecule has 0 heterocycles. The van der Waals surface area contributed by atoms with E-state index in [1.54, 1.807) is 26.8 Å². The summed E-state index contributed by atoms with van der Waals surface area (Å²) >= 11 is 3.18. The highest BCUT2D eigenvalue weighted by molar-refractivity contribution is 9.10. The monoisotopic (exact) mass is 383 g/mol. The van der Waals surface area contributed by atoms with Crippen LogP contribution in [0.3, 0.4) is 0 Å². The second kappa shape index (κ2) is 7.21. The Morgan fingerprint density at radius 2 is 1.86 bits per heavy atom. The van der Waals surface area contributed by atoms with E-state index >= 15 is 0 Å². The second-order valence-electron chi connectivity index (χ2n) is 5.55. The van der Waals surface area contributed by atoms with Crippen molar-refractivity contribution in [1.29, 1.82) is 0 Å². The number of alkyl carbamates (subject to hydrolysis) is 1. The van der Waals surface area contributed by atoms with Gasteiger partial charge in [-0.05, 0) is 44.5 Å². The third-order valence-corrected chi connectivity index (χ3v) is 2.63. The van der Waals surface area contributed by atoms with Crippen LogP contribution in [0.5, 0.6) is 5.75 Å². The largest absolute Gasteiger partial charge is 0.484 e. The first-order valence-electron chi connectivity index (χ1n) is 6.40. The summed E-state index contributed by atoms with van der Waals surface area (Å²) in [6.45, 7) is 3.93. The van der Waals surface area contributed by atoms with Crippen molar-refractivity contribution in [3.8, 4) is 5.75 Å². The number of carbonyl (C=O) groups excluding carboxylic acids is 1. The Bertz CT molecular complexity index is 527. The minimum Gasteiger partial charge on any atom is -0.484 e. The molecule has 0 unspecified atom stereocenters. The average Bonchev–Trinajstić information content (AvgIpc) is 2.30. The van der Waals surface area contributed by atoms with Gasteiger partial charge in [0.15, 0.2) is 6.61 Å². The Morgan fingerprint density at radius 1 is 1.23 bits per heavy atom. The number of halogens is 4. The summed E-state index contributed by atoms with van der Waals surface area (Å²) in [5, 5.41) is 2.52. The van der Waals surface area contributed by atoms with Crippen LogP contribution in [-0.4, -0.2) is 24.5 Å². The molecule has 1 rings (SSSR count). The van der Waals surface area contributed by atoms with Crippen molar-refractivity contribution in [3.63, 3.8) is 0 Å². The summed E-state index contributed by atoms with van der Waals surface area (Å²) in [5.74, 6) is 0.0627.